The topological polar surface area (TPSA) is 43.8 Å². The molecule has 1 atom stereocenters. The Morgan fingerprint density at radius 1 is 1.26 bits per heavy atom. The molecule has 1 aromatic carbocycles. The fraction of sp³-hybridized carbons (Fsp3) is 0.308. The van der Waals surface area contributed by atoms with Gasteiger partial charge in [-0.15, -0.1) is 0 Å². The van der Waals surface area contributed by atoms with Crippen molar-refractivity contribution in [2.45, 2.75) is 25.6 Å². The molecule has 0 aliphatic heterocycles. The minimum Gasteiger partial charge on any atom is -0.324 e. The Morgan fingerprint density at radius 2 is 1.89 bits per heavy atom. The van der Waals surface area contributed by atoms with Gasteiger partial charge in [-0.25, -0.2) is 4.68 Å². The van der Waals surface area contributed by atoms with Gasteiger partial charge in [0.05, 0.1) is 17.4 Å². The average Bonchev–Trinajstić information content (AvgIpc) is 2.87. The van der Waals surface area contributed by atoms with Crippen LogP contribution in [0.1, 0.15) is 30.5 Å². The van der Waals surface area contributed by atoms with Crippen LogP contribution in [0.5, 0.6) is 0 Å². The number of alkyl halides is 3. The van der Waals surface area contributed by atoms with E-state index in [9.17, 15) is 13.2 Å². The van der Waals surface area contributed by atoms with Crippen LogP contribution in [0.25, 0.3) is 5.69 Å². The van der Waals surface area contributed by atoms with Gasteiger partial charge in [0.2, 0.25) is 0 Å². The molecule has 0 fully saturated rings. The minimum atomic E-state index is -4.37. The molecule has 0 bridgehead atoms. The molecule has 2 N–H and O–H groups in total. The van der Waals surface area contributed by atoms with Gasteiger partial charge in [-0.1, -0.05) is 19.1 Å². The van der Waals surface area contributed by atoms with Crippen molar-refractivity contribution in [2.24, 2.45) is 5.73 Å². The third-order valence-corrected chi connectivity index (χ3v) is 2.94. The molecule has 0 amide bonds. The van der Waals surface area contributed by atoms with Gasteiger partial charge in [0, 0.05) is 12.2 Å². The first kappa shape index (κ1) is 13.6. The SMILES string of the molecule is CC[C@H](N)c1ccc(-n2cc(C(F)(F)F)cn2)cc1. The van der Waals surface area contributed by atoms with Gasteiger partial charge in [0.1, 0.15) is 0 Å². The molecule has 102 valence electrons. The number of nitrogens with zero attached hydrogens (tertiary/aromatic N) is 2. The molecule has 0 spiro atoms. The summed E-state index contributed by atoms with van der Waals surface area (Å²) in [6.45, 7) is 1.97. The molecular weight excluding hydrogens is 255 g/mol. The Kier molecular flexibility index (Phi) is 3.61. The predicted molar refractivity (Wildman–Crippen MR) is 65.8 cm³/mol. The second kappa shape index (κ2) is 5.05. The number of hydrogen-bond acceptors (Lipinski definition) is 2. The van der Waals surface area contributed by atoms with E-state index < -0.39 is 11.7 Å². The van der Waals surface area contributed by atoms with Gasteiger partial charge in [-0.05, 0) is 24.1 Å². The highest BCUT2D eigenvalue weighted by Gasteiger charge is 2.32. The van der Waals surface area contributed by atoms with Crippen LogP contribution in [-0.2, 0) is 6.18 Å². The first-order valence-corrected chi connectivity index (χ1v) is 5.89. The molecule has 2 aromatic rings. The van der Waals surface area contributed by atoms with Crippen LogP contribution in [-0.4, -0.2) is 9.78 Å². The molecule has 6 heteroatoms. The summed E-state index contributed by atoms with van der Waals surface area (Å²) in [4.78, 5) is 0. The molecule has 0 saturated carbocycles. The summed E-state index contributed by atoms with van der Waals surface area (Å²) in [7, 11) is 0. The maximum Gasteiger partial charge on any atom is 0.419 e. The van der Waals surface area contributed by atoms with Crippen LogP contribution in [0, 0.1) is 0 Å². The van der Waals surface area contributed by atoms with Gasteiger partial charge in [0.25, 0.3) is 0 Å². The van der Waals surface area contributed by atoms with Crippen LogP contribution in [0.2, 0.25) is 0 Å². The maximum absolute atomic E-state index is 12.5. The van der Waals surface area contributed by atoms with Gasteiger partial charge in [-0.3, -0.25) is 0 Å². The second-order valence-electron chi connectivity index (χ2n) is 4.28. The number of halogens is 3. The number of hydrogen-bond donors (Lipinski definition) is 1. The van der Waals surface area contributed by atoms with Crippen molar-refractivity contribution in [3.05, 3.63) is 47.8 Å². The Hall–Kier alpha value is -1.82. The smallest absolute Gasteiger partial charge is 0.324 e. The zero-order valence-electron chi connectivity index (χ0n) is 10.4. The number of benzene rings is 1. The van der Waals surface area contributed by atoms with Gasteiger partial charge in [-0.2, -0.15) is 18.3 Å². The molecule has 19 heavy (non-hydrogen) atoms. The normalized spacial score (nSPS) is 13.5. The molecular formula is C13H14F3N3. The van der Waals surface area contributed by atoms with Crippen molar-refractivity contribution >= 4 is 0 Å². The average molecular weight is 269 g/mol. The molecule has 0 saturated heterocycles. The van der Waals surface area contributed by atoms with Crippen LogP contribution < -0.4 is 5.73 Å². The maximum atomic E-state index is 12.5. The summed E-state index contributed by atoms with van der Waals surface area (Å²) in [5.74, 6) is 0. The standard InChI is InChI=1S/C13H14F3N3/c1-2-12(17)9-3-5-11(6-4-9)19-8-10(7-18-19)13(14,15)16/h3-8,12H,2,17H2,1H3/t12-/m0/s1. The van der Waals surface area contributed by atoms with E-state index in [1.165, 1.54) is 4.68 Å². The van der Waals surface area contributed by atoms with Gasteiger partial charge >= 0.3 is 6.18 Å². The number of rotatable bonds is 3. The van der Waals surface area contributed by atoms with E-state index >= 15 is 0 Å². The monoisotopic (exact) mass is 269 g/mol. The molecule has 2 rings (SSSR count). The fourth-order valence-electron chi connectivity index (χ4n) is 1.72. The summed E-state index contributed by atoms with van der Waals surface area (Å²) in [6, 6.07) is 6.96. The molecule has 3 nitrogen and oxygen atoms in total. The largest absolute Gasteiger partial charge is 0.419 e. The first-order valence-electron chi connectivity index (χ1n) is 5.89. The van der Waals surface area contributed by atoms with E-state index in [-0.39, 0.29) is 6.04 Å². The molecule has 0 aliphatic carbocycles. The van der Waals surface area contributed by atoms with Crippen molar-refractivity contribution in [3.8, 4) is 5.69 Å². The lowest BCUT2D eigenvalue weighted by Crippen LogP contribution is -2.08. The molecule has 0 radical (unpaired) electrons. The highest BCUT2D eigenvalue weighted by molar-refractivity contribution is 5.35. The van der Waals surface area contributed by atoms with E-state index in [4.69, 9.17) is 5.73 Å². The number of nitrogens with two attached hydrogens (primary N) is 1. The quantitative estimate of drug-likeness (QED) is 0.929. The fourth-order valence-corrected chi connectivity index (χ4v) is 1.72. The summed E-state index contributed by atoms with van der Waals surface area (Å²) in [6.07, 6.45) is -1.79. The van der Waals surface area contributed by atoms with Crippen LogP contribution in [0.15, 0.2) is 36.7 Å². The lowest BCUT2D eigenvalue weighted by molar-refractivity contribution is -0.137. The molecule has 0 aliphatic rings. The summed E-state index contributed by atoms with van der Waals surface area (Å²) < 4.78 is 38.6. The van der Waals surface area contributed by atoms with Crippen LogP contribution in [0.4, 0.5) is 13.2 Å². The van der Waals surface area contributed by atoms with E-state index in [1.807, 2.05) is 6.92 Å². The third-order valence-electron chi connectivity index (χ3n) is 2.94. The lowest BCUT2D eigenvalue weighted by Gasteiger charge is -2.09. The Bertz CT molecular complexity index is 543. The van der Waals surface area contributed by atoms with Crippen LogP contribution in [0.3, 0.4) is 0 Å². The van der Waals surface area contributed by atoms with E-state index in [0.717, 1.165) is 24.4 Å². The molecule has 1 heterocycles. The molecule has 1 aromatic heterocycles. The van der Waals surface area contributed by atoms with Gasteiger partial charge < -0.3 is 5.73 Å². The Labute approximate surface area is 108 Å². The highest BCUT2D eigenvalue weighted by Crippen LogP contribution is 2.29. The van der Waals surface area contributed by atoms with Crippen molar-refractivity contribution < 1.29 is 13.2 Å². The van der Waals surface area contributed by atoms with Crippen molar-refractivity contribution in [2.75, 3.05) is 0 Å². The van der Waals surface area contributed by atoms with Gasteiger partial charge in [0.15, 0.2) is 0 Å². The Morgan fingerprint density at radius 3 is 2.37 bits per heavy atom. The third kappa shape index (κ3) is 2.96. The lowest BCUT2D eigenvalue weighted by atomic mass is 10.1. The zero-order chi connectivity index (χ0) is 14.0. The Balaban J connectivity index is 2.25. The van der Waals surface area contributed by atoms with E-state index in [0.29, 0.717) is 5.69 Å². The van der Waals surface area contributed by atoms with Crippen molar-refractivity contribution in [3.63, 3.8) is 0 Å². The highest BCUT2D eigenvalue weighted by atomic mass is 19.4. The summed E-state index contributed by atoms with van der Waals surface area (Å²) in [5.41, 5.74) is 6.64. The minimum absolute atomic E-state index is 0.0580. The van der Waals surface area contributed by atoms with Crippen molar-refractivity contribution in [1.29, 1.82) is 0 Å². The summed E-state index contributed by atoms with van der Waals surface area (Å²) in [5, 5.41) is 3.71. The zero-order valence-corrected chi connectivity index (χ0v) is 10.4. The van der Waals surface area contributed by atoms with E-state index in [2.05, 4.69) is 5.10 Å². The van der Waals surface area contributed by atoms with E-state index in [1.54, 1.807) is 24.3 Å². The van der Waals surface area contributed by atoms with Crippen LogP contribution >= 0.6 is 0 Å². The molecule has 0 unspecified atom stereocenters. The first-order chi connectivity index (χ1) is 8.91. The number of aromatic nitrogens is 2. The second-order valence-corrected chi connectivity index (χ2v) is 4.28. The van der Waals surface area contributed by atoms with Crippen molar-refractivity contribution in [1.82, 2.24) is 9.78 Å². The predicted octanol–water partition coefficient (Wildman–Crippen LogP) is 3.30. The summed E-state index contributed by atoms with van der Waals surface area (Å²) >= 11 is 0.